The van der Waals surface area contributed by atoms with Gasteiger partial charge in [-0.1, -0.05) is 12.1 Å². The van der Waals surface area contributed by atoms with Crippen LogP contribution >= 0.6 is 24.0 Å². The maximum absolute atomic E-state index is 4.27. The van der Waals surface area contributed by atoms with Crippen molar-refractivity contribution in [2.75, 3.05) is 20.6 Å². The fraction of sp³-hybridized carbons (Fsp3) is 0.429. The second kappa shape index (κ2) is 10.8. The van der Waals surface area contributed by atoms with Crippen molar-refractivity contribution >= 4 is 29.9 Å². The number of nitrogens with zero attached hydrogens (tertiary/aromatic N) is 3. The van der Waals surface area contributed by atoms with Crippen LogP contribution in [0.15, 0.2) is 42.0 Å². The number of guanidine groups is 1. The molecule has 0 saturated heterocycles. The van der Waals surface area contributed by atoms with Gasteiger partial charge in [0, 0.05) is 26.8 Å². The lowest BCUT2D eigenvalue weighted by molar-refractivity contribution is 0.469. The van der Waals surface area contributed by atoms with Gasteiger partial charge in [-0.2, -0.15) is 0 Å². The van der Waals surface area contributed by atoms with Gasteiger partial charge in [-0.15, -0.1) is 30.6 Å². The first-order valence-corrected chi connectivity index (χ1v) is 6.20. The van der Waals surface area contributed by atoms with E-state index in [9.17, 15) is 0 Å². The van der Waals surface area contributed by atoms with Crippen molar-refractivity contribution in [1.82, 2.24) is 15.2 Å². The fourth-order valence-electron chi connectivity index (χ4n) is 1.64. The molecule has 19 heavy (non-hydrogen) atoms. The Morgan fingerprint density at radius 2 is 2.32 bits per heavy atom. The Morgan fingerprint density at radius 1 is 1.53 bits per heavy atom. The van der Waals surface area contributed by atoms with Crippen molar-refractivity contribution in [1.29, 1.82) is 0 Å². The van der Waals surface area contributed by atoms with E-state index in [1.165, 1.54) is 0 Å². The normalized spacial score (nSPS) is 10.5. The van der Waals surface area contributed by atoms with Crippen LogP contribution in [0.5, 0.6) is 0 Å². The molecule has 1 aromatic rings. The summed E-state index contributed by atoms with van der Waals surface area (Å²) in [5.74, 6) is 0.893. The zero-order chi connectivity index (χ0) is 13.2. The SMILES string of the molecule is C=CCCCN(C)C(=NC)NCc1ccccn1.I. The summed E-state index contributed by atoms with van der Waals surface area (Å²) in [6.45, 7) is 5.39. The summed E-state index contributed by atoms with van der Waals surface area (Å²) in [6.07, 6.45) is 5.86. The Hall–Kier alpha value is -1.11. The zero-order valence-electron chi connectivity index (χ0n) is 11.7. The van der Waals surface area contributed by atoms with E-state index in [4.69, 9.17) is 0 Å². The van der Waals surface area contributed by atoms with Crippen LogP contribution in [-0.2, 0) is 6.54 Å². The average molecular weight is 374 g/mol. The molecule has 0 aromatic carbocycles. The van der Waals surface area contributed by atoms with Crippen LogP contribution in [0.25, 0.3) is 0 Å². The molecule has 0 fully saturated rings. The molecule has 0 unspecified atom stereocenters. The van der Waals surface area contributed by atoms with Gasteiger partial charge in [0.2, 0.25) is 0 Å². The summed E-state index contributed by atoms with van der Waals surface area (Å²) in [4.78, 5) is 10.6. The van der Waals surface area contributed by atoms with E-state index in [1.54, 1.807) is 13.2 Å². The molecule has 1 rings (SSSR count). The average Bonchev–Trinajstić information content (AvgIpc) is 2.41. The topological polar surface area (TPSA) is 40.5 Å². The van der Waals surface area contributed by atoms with Crippen molar-refractivity contribution in [3.8, 4) is 0 Å². The van der Waals surface area contributed by atoms with Gasteiger partial charge in [0.1, 0.15) is 0 Å². The zero-order valence-corrected chi connectivity index (χ0v) is 14.0. The van der Waals surface area contributed by atoms with Gasteiger partial charge in [0.05, 0.1) is 12.2 Å². The van der Waals surface area contributed by atoms with Crippen molar-refractivity contribution in [2.24, 2.45) is 4.99 Å². The fourth-order valence-corrected chi connectivity index (χ4v) is 1.64. The molecule has 0 spiro atoms. The summed E-state index contributed by atoms with van der Waals surface area (Å²) >= 11 is 0. The number of hydrogen-bond acceptors (Lipinski definition) is 2. The number of nitrogens with one attached hydrogen (secondary N) is 1. The van der Waals surface area contributed by atoms with Gasteiger partial charge in [0.15, 0.2) is 5.96 Å². The Kier molecular flexibility index (Phi) is 10.1. The standard InChI is InChI=1S/C14H22N4.HI/c1-4-5-8-11-18(3)14(15-2)17-12-13-9-6-7-10-16-13;/h4,6-7,9-10H,1,5,8,11-12H2,2-3H3,(H,15,17);1H. The summed E-state index contributed by atoms with van der Waals surface area (Å²) < 4.78 is 0. The van der Waals surface area contributed by atoms with Crippen LogP contribution < -0.4 is 5.32 Å². The summed E-state index contributed by atoms with van der Waals surface area (Å²) in [6, 6.07) is 5.90. The highest BCUT2D eigenvalue weighted by Crippen LogP contribution is 1.96. The van der Waals surface area contributed by atoms with E-state index < -0.39 is 0 Å². The molecule has 1 aromatic heterocycles. The van der Waals surface area contributed by atoms with E-state index >= 15 is 0 Å². The Labute approximate surface area is 133 Å². The van der Waals surface area contributed by atoms with Crippen LogP contribution in [0.1, 0.15) is 18.5 Å². The van der Waals surface area contributed by atoms with Gasteiger partial charge in [-0.25, -0.2) is 0 Å². The highest BCUT2D eigenvalue weighted by Gasteiger charge is 2.04. The van der Waals surface area contributed by atoms with E-state index in [-0.39, 0.29) is 24.0 Å². The minimum Gasteiger partial charge on any atom is -0.351 e. The van der Waals surface area contributed by atoms with Gasteiger partial charge >= 0.3 is 0 Å². The molecule has 106 valence electrons. The lowest BCUT2D eigenvalue weighted by atomic mass is 10.3. The van der Waals surface area contributed by atoms with E-state index in [0.717, 1.165) is 31.0 Å². The minimum atomic E-state index is 0. The smallest absolute Gasteiger partial charge is 0.193 e. The Morgan fingerprint density at radius 3 is 2.89 bits per heavy atom. The molecule has 0 saturated carbocycles. The number of pyridine rings is 1. The lowest BCUT2D eigenvalue weighted by Crippen LogP contribution is -2.39. The predicted molar refractivity (Wildman–Crippen MR) is 91.9 cm³/mol. The molecule has 0 amide bonds. The van der Waals surface area contributed by atoms with Crippen LogP contribution in [0.2, 0.25) is 0 Å². The summed E-state index contributed by atoms with van der Waals surface area (Å²) in [7, 11) is 3.83. The highest BCUT2D eigenvalue weighted by atomic mass is 127. The molecular formula is C14H23IN4. The third-order valence-electron chi connectivity index (χ3n) is 2.63. The highest BCUT2D eigenvalue weighted by molar-refractivity contribution is 14.0. The Bertz CT molecular complexity index is 378. The van der Waals surface area contributed by atoms with Crippen molar-refractivity contribution in [3.63, 3.8) is 0 Å². The molecule has 5 heteroatoms. The molecule has 4 nitrogen and oxygen atoms in total. The van der Waals surface area contributed by atoms with Crippen molar-refractivity contribution in [3.05, 3.63) is 42.7 Å². The van der Waals surface area contributed by atoms with E-state index in [2.05, 4.69) is 26.8 Å². The molecule has 0 aliphatic carbocycles. The number of aromatic nitrogens is 1. The van der Waals surface area contributed by atoms with Crippen LogP contribution in [-0.4, -0.2) is 36.5 Å². The molecule has 0 atom stereocenters. The molecule has 0 radical (unpaired) electrons. The second-order valence-electron chi connectivity index (χ2n) is 4.07. The van der Waals surface area contributed by atoms with Crippen LogP contribution in [0, 0.1) is 0 Å². The number of halogens is 1. The third-order valence-corrected chi connectivity index (χ3v) is 2.63. The molecule has 1 N–H and O–H groups in total. The maximum Gasteiger partial charge on any atom is 0.193 e. The number of aliphatic imine (C=N–C) groups is 1. The molecule has 0 bridgehead atoms. The van der Waals surface area contributed by atoms with Crippen LogP contribution in [0.4, 0.5) is 0 Å². The van der Waals surface area contributed by atoms with Gasteiger partial charge in [-0.3, -0.25) is 9.98 Å². The van der Waals surface area contributed by atoms with E-state index in [0.29, 0.717) is 6.54 Å². The largest absolute Gasteiger partial charge is 0.351 e. The second-order valence-corrected chi connectivity index (χ2v) is 4.07. The number of allylic oxidation sites excluding steroid dienone is 1. The quantitative estimate of drug-likeness (QED) is 0.274. The van der Waals surface area contributed by atoms with Crippen molar-refractivity contribution in [2.45, 2.75) is 19.4 Å². The first kappa shape index (κ1) is 17.9. The van der Waals surface area contributed by atoms with Crippen LogP contribution in [0.3, 0.4) is 0 Å². The monoisotopic (exact) mass is 374 g/mol. The Balaban J connectivity index is 0.00000324. The lowest BCUT2D eigenvalue weighted by Gasteiger charge is -2.21. The molecular weight excluding hydrogens is 351 g/mol. The van der Waals surface area contributed by atoms with E-state index in [1.807, 2.05) is 31.3 Å². The molecule has 0 aliphatic rings. The summed E-state index contributed by atoms with van der Waals surface area (Å²) in [5, 5.41) is 3.30. The summed E-state index contributed by atoms with van der Waals surface area (Å²) in [5.41, 5.74) is 1.01. The molecule has 1 heterocycles. The first-order chi connectivity index (χ1) is 8.77. The number of unbranched alkanes of at least 4 members (excludes halogenated alkanes) is 1. The number of hydrogen-bond donors (Lipinski definition) is 1. The first-order valence-electron chi connectivity index (χ1n) is 6.20. The number of rotatable bonds is 6. The van der Waals surface area contributed by atoms with Crippen molar-refractivity contribution < 1.29 is 0 Å². The maximum atomic E-state index is 4.27. The molecule has 0 aliphatic heterocycles. The van der Waals surface area contributed by atoms with Gasteiger partial charge in [0.25, 0.3) is 0 Å². The van der Waals surface area contributed by atoms with Gasteiger partial charge < -0.3 is 10.2 Å². The predicted octanol–water partition coefficient (Wildman–Crippen LogP) is 2.67. The third kappa shape index (κ3) is 7.15. The van der Waals surface area contributed by atoms with Gasteiger partial charge in [-0.05, 0) is 25.0 Å². The minimum absolute atomic E-state index is 0.